The first-order valence-electron chi connectivity index (χ1n) is 6.85. The maximum absolute atomic E-state index is 9.69. The SMILES string of the molecule is N#Cc1ccc(/C=C/CNCC2CCCC2O)cc1. The van der Waals surface area contributed by atoms with Crippen molar-refractivity contribution in [3.05, 3.63) is 41.5 Å². The van der Waals surface area contributed by atoms with Crippen LogP contribution in [0.4, 0.5) is 0 Å². The van der Waals surface area contributed by atoms with Crippen LogP contribution < -0.4 is 5.32 Å². The first kappa shape index (κ1) is 13.8. The van der Waals surface area contributed by atoms with Crippen LogP contribution in [0.5, 0.6) is 0 Å². The molecule has 2 N–H and O–H groups in total. The third-order valence-corrected chi connectivity index (χ3v) is 3.64. The van der Waals surface area contributed by atoms with Gasteiger partial charge in [-0.25, -0.2) is 0 Å². The van der Waals surface area contributed by atoms with E-state index < -0.39 is 0 Å². The average Bonchev–Trinajstić information content (AvgIpc) is 2.85. The molecule has 2 unspecified atom stereocenters. The Morgan fingerprint density at radius 2 is 2.11 bits per heavy atom. The summed E-state index contributed by atoms with van der Waals surface area (Å²) in [6, 6.07) is 9.63. The van der Waals surface area contributed by atoms with Gasteiger partial charge in [0.2, 0.25) is 0 Å². The van der Waals surface area contributed by atoms with Gasteiger partial charge in [0.1, 0.15) is 0 Å². The van der Waals surface area contributed by atoms with E-state index >= 15 is 0 Å². The summed E-state index contributed by atoms with van der Waals surface area (Å²) < 4.78 is 0. The first-order chi connectivity index (χ1) is 9.29. The number of hydrogen-bond donors (Lipinski definition) is 2. The molecule has 100 valence electrons. The Hall–Kier alpha value is -1.63. The van der Waals surface area contributed by atoms with Gasteiger partial charge in [-0.2, -0.15) is 5.26 Å². The van der Waals surface area contributed by atoms with Gasteiger partial charge in [0, 0.05) is 13.1 Å². The number of nitrogens with zero attached hydrogens (tertiary/aromatic N) is 1. The van der Waals surface area contributed by atoms with Gasteiger partial charge in [-0.3, -0.25) is 0 Å². The molecule has 19 heavy (non-hydrogen) atoms. The molecular formula is C16H20N2O. The minimum Gasteiger partial charge on any atom is -0.393 e. The molecule has 0 spiro atoms. The minimum atomic E-state index is -0.116. The number of aliphatic hydroxyl groups excluding tert-OH is 1. The topological polar surface area (TPSA) is 56.0 Å². The molecule has 0 radical (unpaired) electrons. The van der Waals surface area contributed by atoms with E-state index in [1.807, 2.05) is 30.3 Å². The molecule has 0 saturated heterocycles. The molecule has 0 bridgehead atoms. The molecule has 3 heteroatoms. The van der Waals surface area contributed by atoms with Gasteiger partial charge in [0.25, 0.3) is 0 Å². The maximum atomic E-state index is 9.69. The summed E-state index contributed by atoms with van der Waals surface area (Å²) in [6.07, 6.45) is 7.23. The van der Waals surface area contributed by atoms with Crippen molar-refractivity contribution >= 4 is 6.08 Å². The molecule has 1 aromatic rings. The predicted molar refractivity (Wildman–Crippen MR) is 76.4 cm³/mol. The van der Waals surface area contributed by atoms with E-state index in [9.17, 15) is 5.11 Å². The van der Waals surface area contributed by atoms with Crippen molar-refractivity contribution in [2.24, 2.45) is 5.92 Å². The van der Waals surface area contributed by atoms with Crippen LogP contribution in [0.3, 0.4) is 0 Å². The molecule has 3 nitrogen and oxygen atoms in total. The fourth-order valence-electron chi connectivity index (χ4n) is 2.47. The van der Waals surface area contributed by atoms with Crippen molar-refractivity contribution in [2.75, 3.05) is 13.1 Å². The Morgan fingerprint density at radius 3 is 2.74 bits per heavy atom. The van der Waals surface area contributed by atoms with Gasteiger partial charge >= 0.3 is 0 Å². The molecule has 0 aliphatic heterocycles. The summed E-state index contributed by atoms with van der Waals surface area (Å²) >= 11 is 0. The third kappa shape index (κ3) is 4.20. The molecular weight excluding hydrogens is 236 g/mol. The van der Waals surface area contributed by atoms with Crippen LogP contribution >= 0.6 is 0 Å². The van der Waals surface area contributed by atoms with E-state index in [1.54, 1.807) is 0 Å². The Labute approximate surface area is 114 Å². The summed E-state index contributed by atoms with van der Waals surface area (Å²) in [6.45, 7) is 1.70. The van der Waals surface area contributed by atoms with Crippen molar-refractivity contribution in [2.45, 2.75) is 25.4 Å². The molecule has 0 amide bonds. The second kappa shape index (κ2) is 7.08. The lowest BCUT2D eigenvalue weighted by Crippen LogP contribution is -2.27. The molecule has 1 fully saturated rings. The minimum absolute atomic E-state index is 0.116. The van der Waals surface area contributed by atoms with E-state index in [0.29, 0.717) is 11.5 Å². The van der Waals surface area contributed by atoms with Gasteiger partial charge in [0.05, 0.1) is 17.7 Å². The fraction of sp³-hybridized carbons (Fsp3) is 0.438. The van der Waals surface area contributed by atoms with Crippen LogP contribution in [0.15, 0.2) is 30.3 Å². The zero-order chi connectivity index (χ0) is 13.5. The summed E-state index contributed by atoms with van der Waals surface area (Å²) in [7, 11) is 0. The van der Waals surface area contributed by atoms with E-state index in [1.165, 1.54) is 0 Å². The third-order valence-electron chi connectivity index (χ3n) is 3.64. The van der Waals surface area contributed by atoms with Crippen molar-refractivity contribution in [1.29, 1.82) is 5.26 Å². The van der Waals surface area contributed by atoms with E-state index in [2.05, 4.69) is 17.5 Å². The van der Waals surface area contributed by atoms with E-state index in [-0.39, 0.29) is 6.10 Å². The second-order valence-corrected chi connectivity index (χ2v) is 5.05. The summed E-state index contributed by atoms with van der Waals surface area (Å²) in [4.78, 5) is 0. The van der Waals surface area contributed by atoms with Gasteiger partial charge in [-0.05, 0) is 36.5 Å². The quantitative estimate of drug-likeness (QED) is 0.795. The Bertz CT molecular complexity index is 459. The molecule has 2 rings (SSSR count). The van der Waals surface area contributed by atoms with Crippen LogP contribution in [0.25, 0.3) is 6.08 Å². The highest BCUT2D eigenvalue weighted by Gasteiger charge is 2.24. The standard InChI is InChI=1S/C16H20N2O/c17-11-14-8-6-13(7-9-14)3-2-10-18-12-15-4-1-5-16(15)19/h2-3,6-9,15-16,18-19H,1,4-5,10,12H2/b3-2+. The molecule has 0 heterocycles. The number of rotatable bonds is 5. The van der Waals surface area contributed by atoms with Crippen LogP contribution in [0.1, 0.15) is 30.4 Å². The Kier molecular flexibility index (Phi) is 5.14. The predicted octanol–water partition coefficient (Wildman–Crippen LogP) is 2.32. The first-order valence-corrected chi connectivity index (χ1v) is 6.85. The van der Waals surface area contributed by atoms with Gasteiger partial charge in [0.15, 0.2) is 0 Å². The summed E-state index contributed by atoms with van der Waals surface area (Å²) in [5.41, 5.74) is 1.78. The van der Waals surface area contributed by atoms with Gasteiger partial charge in [-0.1, -0.05) is 30.7 Å². The molecule has 0 aromatic heterocycles. The number of aliphatic hydroxyl groups is 1. The smallest absolute Gasteiger partial charge is 0.0991 e. The molecule has 1 aliphatic carbocycles. The highest BCUT2D eigenvalue weighted by atomic mass is 16.3. The number of nitrogens with one attached hydrogen (secondary N) is 1. The second-order valence-electron chi connectivity index (χ2n) is 5.05. The molecule has 1 aromatic carbocycles. The Morgan fingerprint density at radius 1 is 1.32 bits per heavy atom. The zero-order valence-corrected chi connectivity index (χ0v) is 11.0. The van der Waals surface area contributed by atoms with E-state index in [0.717, 1.165) is 37.9 Å². The van der Waals surface area contributed by atoms with Crippen LogP contribution in [0.2, 0.25) is 0 Å². The van der Waals surface area contributed by atoms with Gasteiger partial charge in [-0.15, -0.1) is 0 Å². The Balaban J connectivity index is 1.70. The van der Waals surface area contributed by atoms with E-state index in [4.69, 9.17) is 5.26 Å². The largest absolute Gasteiger partial charge is 0.393 e. The highest BCUT2D eigenvalue weighted by molar-refractivity contribution is 5.51. The monoisotopic (exact) mass is 256 g/mol. The maximum Gasteiger partial charge on any atom is 0.0991 e. The lowest BCUT2D eigenvalue weighted by atomic mass is 10.1. The van der Waals surface area contributed by atoms with Crippen LogP contribution in [0, 0.1) is 17.2 Å². The van der Waals surface area contributed by atoms with Crippen molar-refractivity contribution in [1.82, 2.24) is 5.32 Å². The fourth-order valence-corrected chi connectivity index (χ4v) is 2.47. The summed E-state index contributed by atoms with van der Waals surface area (Å²) in [5, 5.41) is 21.7. The lowest BCUT2D eigenvalue weighted by Gasteiger charge is -2.13. The van der Waals surface area contributed by atoms with Crippen LogP contribution in [-0.2, 0) is 0 Å². The number of hydrogen-bond acceptors (Lipinski definition) is 3. The molecule has 1 saturated carbocycles. The van der Waals surface area contributed by atoms with Crippen LogP contribution in [-0.4, -0.2) is 24.3 Å². The van der Waals surface area contributed by atoms with Gasteiger partial charge < -0.3 is 10.4 Å². The average molecular weight is 256 g/mol. The number of benzene rings is 1. The van der Waals surface area contributed by atoms with Crippen molar-refractivity contribution < 1.29 is 5.11 Å². The highest BCUT2D eigenvalue weighted by Crippen LogP contribution is 2.24. The molecule has 1 aliphatic rings. The number of nitriles is 1. The van der Waals surface area contributed by atoms with Crippen molar-refractivity contribution in [3.8, 4) is 6.07 Å². The van der Waals surface area contributed by atoms with Crippen molar-refractivity contribution in [3.63, 3.8) is 0 Å². The summed E-state index contributed by atoms with van der Waals surface area (Å²) in [5.74, 6) is 0.420. The lowest BCUT2D eigenvalue weighted by molar-refractivity contribution is 0.132. The zero-order valence-electron chi connectivity index (χ0n) is 11.0. The normalized spacial score (nSPS) is 22.7. The molecule has 2 atom stereocenters.